The second-order valence-electron chi connectivity index (χ2n) is 4.48. The summed E-state index contributed by atoms with van der Waals surface area (Å²) in [6.45, 7) is 3.99. The highest BCUT2D eigenvalue weighted by Gasteiger charge is 2.19. The molecule has 6 heteroatoms. The molecule has 0 aromatic rings. The molecule has 5 nitrogen and oxygen atoms in total. The molecule has 1 rings (SSSR count). The standard InChI is InChI=1S/C10H20N2O3S/c1-9-4-7-12(8-5-9)10(13)3-6-11-16(2,14)15/h9,11H,3-8H2,1-2H3. The highest BCUT2D eigenvalue weighted by molar-refractivity contribution is 7.88. The van der Waals surface area contributed by atoms with Crippen LogP contribution in [0.15, 0.2) is 0 Å². The molecule has 1 saturated heterocycles. The number of carbonyl (C=O) groups is 1. The summed E-state index contributed by atoms with van der Waals surface area (Å²) in [6, 6.07) is 0. The van der Waals surface area contributed by atoms with Crippen molar-refractivity contribution < 1.29 is 13.2 Å². The molecule has 0 aromatic heterocycles. The second-order valence-corrected chi connectivity index (χ2v) is 6.31. The summed E-state index contributed by atoms with van der Waals surface area (Å²) < 4.78 is 23.9. The van der Waals surface area contributed by atoms with Crippen molar-refractivity contribution in [2.45, 2.75) is 26.2 Å². The predicted octanol–water partition coefficient (Wildman–Crippen LogP) is 0.184. The van der Waals surface area contributed by atoms with Crippen LogP contribution in [-0.2, 0) is 14.8 Å². The summed E-state index contributed by atoms with van der Waals surface area (Å²) in [5, 5.41) is 0. The largest absolute Gasteiger partial charge is 0.343 e. The molecule has 16 heavy (non-hydrogen) atoms. The Hall–Kier alpha value is -0.620. The predicted molar refractivity (Wildman–Crippen MR) is 62.4 cm³/mol. The molecule has 0 saturated carbocycles. The zero-order valence-electron chi connectivity index (χ0n) is 9.90. The lowest BCUT2D eigenvalue weighted by Gasteiger charge is -2.30. The van der Waals surface area contributed by atoms with Gasteiger partial charge in [-0.25, -0.2) is 13.1 Å². The number of likely N-dealkylation sites (tertiary alicyclic amines) is 1. The lowest BCUT2D eigenvalue weighted by atomic mass is 9.99. The van der Waals surface area contributed by atoms with Crippen molar-refractivity contribution in [1.82, 2.24) is 9.62 Å². The normalized spacial score (nSPS) is 18.8. The van der Waals surface area contributed by atoms with E-state index in [2.05, 4.69) is 11.6 Å². The summed E-state index contributed by atoms with van der Waals surface area (Å²) in [5.74, 6) is 0.737. The minimum Gasteiger partial charge on any atom is -0.343 e. The van der Waals surface area contributed by atoms with E-state index in [0.29, 0.717) is 5.92 Å². The first-order chi connectivity index (χ1) is 7.38. The molecule has 94 valence electrons. The van der Waals surface area contributed by atoms with Crippen LogP contribution in [0.2, 0.25) is 0 Å². The number of nitrogens with zero attached hydrogens (tertiary/aromatic N) is 1. The van der Waals surface area contributed by atoms with Crippen molar-refractivity contribution >= 4 is 15.9 Å². The third-order valence-electron chi connectivity index (χ3n) is 2.84. The molecule has 1 heterocycles. The number of rotatable bonds is 4. The average Bonchev–Trinajstić information content (AvgIpc) is 2.16. The zero-order valence-corrected chi connectivity index (χ0v) is 10.7. The molecule has 0 aliphatic carbocycles. The first-order valence-corrected chi connectivity index (χ1v) is 7.50. The Morgan fingerprint density at radius 3 is 2.44 bits per heavy atom. The SMILES string of the molecule is CC1CCN(C(=O)CCNS(C)(=O)=O)CC1. The number of hydrogen-bond acceptors (Lipinski definition) is 3. The van der Waals surface area contributed by atoms with E-state index in [4.69, 9.17) is 0 Å². The minimum atomic E-state index is -3.18. The average molecular weight is 248 g/mol. The van der Waals surface area contributed by atoms with E-state index < -0.39 is 10.0 Å². The van der Waals surface area contributed by atoms with E-state index in [-0.39, 0.29) is 18.9 Å². The van der Waals surface area contributed by atoms with Crippen molar-refractivity contribution in [2.75, 3.05) is 25.9 Å². The number of amides is 1. The fourth-order valence-electron chi connectivity index (χ4n) is 1.76. The maximum Gasteiger partial charge on any atom is 0.223 e. The van der Waals surface area contributed by atoms with E-state index in [1.807, 2.05) is 4.90 Å². The van der Waals surface area contributed by atoms with Gasteiger partial charge < -0.3 is 4.90 Å². The van der Waals surface area contributed by atoms with Crippen LogP contribution >= 0.6 is 0 Å². The van der Waals surface area contributed by atoms with Gasteiger partial charge in [0.15, 0.2) is 0 Å². The van der Waals surface area contributed by atoms with Crippen LogP contribution in [-0.4, -0.2) is 45.1 Å². The smallest absolute Gasteiger partial charge is 0.223 e. The van der Waals surface area contributed by atoms with E-state index >= 15 is 0 Å². The quantitative estimate of drug-likeness (QED) is 0.772. The van der Waals surface area contributed by atoms with Crippen LogP contribution in [0.4, 0.5) is 0 Å². The van der Waals surface area contributed by atoms with Crippen LogP contribution in [0.1, 0.15) is 26.2 Å². The Labute approximate surface area is 97.2 Å². The topological polar surface area (TPSA) is 66.5 Å². The molecular formula is C10H20N2O3S. The van der Waals surface area contributed by atoms with Crippen molar-refractivity contribution in [2.24, 2.45) is 5.92 Å². The third-order valence-corrected chi connectivity index (χ3v) is 3.57. The Kier molecular flexibility index (Phi) is 4.73. The molecule has 0 spiro atoms. The molecule has 1 N–H and O–H groups in total. The van der Waals surface area contributed by atoms with Crippen LogP contribution in [0, 0.1) is 5.92 Å². The van der Waals surface area contributed by atoms with Crippen molar-refractivity contribution in [3.05, 3.63) is 0 Å². The number of nitrogens with one attached hydrogen (secondary N) is 1. The van der Waals surface area contributed by atoms with Gasteiger partial charge in [-0.15, -0.1) is 0 Å². The second kappa shape index (κ2) is 5.63. The van der Waals surface area contributed by atoms with E-state index in [0.717, 1.165) is 32.2 Å². The molecular weight excluding hydrogens is 228 g/mol. The first kappa shape index (κ1) is 13.4. The molecule has 0 radical (unpaired) electrons. The maximum absolute atomic E-state index is 11.7. The molecule has 0 bridgehead atoms. The summed E-state index contributed by atoms with van der Waals surface area (Å²) in [4.78, 5) is 13.5. The Morgan fingerprint density at radius 2 is 1.94 bits per heavy atom. The van der Waals surface area contributed by atoms with Gasteiger partial charge in [-0.05, 0) is 18.8 Å². The number of carbonyl (C=O) groups excluding carboxylic acids is 1. The van der Waals surface area contributed by atoms with Gasteiger partial charge in [-0.3, -0.25) is 4.79 Å². The Bertz CT molecular complexity index is 332. The number of piperidine rings is 1. The van der Waals surface area contributed by atoms with E-state index in [1.165, 1.54) is 0 Å². The van der Waals surface area contributed by atoms with Gasteiger partial charge in [0.2, 0.25) is 15.9 Å². The van der Waals surface area contributed by atoms with Gasteiger partial charge in [-0.2, -0.15) is 0 Å². The zero-order chi connectivity index (χ0) is 12.2. The van der Waals surface area contributed by atoms with Crippen molar-refractivity contribution in [1.29, 1.82) is 0 Å². The van der Waals surface area contributed by atoms with Gasteiger partial charge in [0, 0.05) is 26.1 Å². The Morgan fingerprint density at radius 1 is 1.38 bits per heavy atom. The summed E-state index contributed by atoms with van der Waals surface area (Å²) in [5.41, 5.74) is 0. The molecule has 1 aliphatic heterocycles. The van der Waals surface area contributed by atoms with Crippen molar-refractivity contribution in [3.63, 3.8) is 0 Å². The van der Waals surface area contributed by atoms with Crippen LogP contribution < -0.4 is 4.72 Å². The molecule has 1 aliphatic rings. The molecule has 1 fully saturated rings. The third kappa shape index (κ3) is 4.94. The number of hydrogen-bond donors (Lipinski definition) is 1. The fraction of sp³-hybridized carbons (Fsp3) is 0.900. The van der Waals surface area contributed by atoms with Gasteiger partial charge in [0.25, 0.3) is 0 Å². The summed E-state index contributed by atoms with van der Waals surface area (Å²) in [7, 11) is -3.18. The monoisotopic (exact) mass is 248 g/mol. The van der Waals surface area contributed by atoms with Gasteiger partial charge in [0.1, 0.15) is 0 Å². The van der Waals surface area contributed by atoms with E-state index in [9.17, 15) is 13.2 Å². The van der Waals surface area contributed by atoms with Gasteiger partial charge in [-0.1, -0.05) is 6.92 Å². The molecule has 0 aromatic carbocycles. The fourth-order valence-corrected chi connectivity index (χ4v) is 2.23. The highest BCUT2D eigenvalue weighted by Crippen LogP contribution is 2.16. The summed E-state index contributed by atoms with van der Waals surface area (Å²) >= 11 is 0. The molecule has 0 unspecified atom stereocenters. The van der Waals surface area contributed by atoms with Crippen LogP contribution in [0.25, 0.3) is 0 Å². The first-order valence-electron chi connectivity index (χ1n) is 5.61. The van der Waals surface area contributed by atoms with Gasteiger partial charge in [0.05, 0.1) is 6.26 Å². The van der Waals surface area contributed by atoms with Crippen molar-refractivity contribution in [3.8, 4) is 0 Å². The lowest BCUT2D eigenvalue weighted by Crippen LogP contribution is -2.39. The Balaban J connectivity index is 2.25. The maximum atomic E-state index is 11.7. The van der Waals surface area contributed by atoms with E-state index in [1.54, 1.807) is 0 Å². The highest BCUT2D eigenvalue weighted by atomic mass is 32.2. The van der Waals surface area contributed by atoms with Crippen LogP contribution in [0.3, 0.4) is 0 Å². The molecule has 1 amide bonds. The molecule has 0 atom stereocenters. The van der Waals surface area contributed by atoms with Crippen LogP contribution in [0.5, 0.6) is 0 Å². The number of sulfonamides is 1. The minimum absolute atomic E-state index is 0.0445. The van der Waals surface area contributed by atoms with Gasteiger partial charge >= 0.3 is 0 Å². The lowest BCUT2D eigenvalue weighted by molar-refractivity contribution is -0.132. The summed E-state index contributed by atoms with van der Waals surface area (Å²) in [6.07, 6.45) is 3.44.